The van der Waals surface area contributed by atoms with E-state index < -0.39 is 5.92 Å². The monoisotopic (exact) mass is 425 g/mol. The second kappa shape index (κ2) is 6.31. The van der Waals surface area contributed by atoms with E-state index in [-0.39, 0.29) is 5.78 Å². The molecule has 4 heteroatoms. The Bertz CT molecular complexity index is 646. The van der Waals surface area contributed by atoms with E-state index in [2.05, 4.69) is 44.6 Å². The van der Waals surface area contributed by atoms with Crippen LogP contribution in [0.5, 0.6) is 0 Å². The minimum absolute atomic E-state index is 0.164. The highest BCUT2D eigenvalue weighted by atomic mass is 127. The van der Waals surface area contributed by atoms with Crippen LogP contribution >= 0.6 is 38.5 Å². The predicted octanol–water partition coefficient (Wildman–Crippen LogP) is 4.54. The average molecular weight is 426 g/mol. The standard InChI is InChI=1S/C15H9BrINO/c16-12-6-4-10(5-7-12)14(9-18)15(19)11-2-1-3-13(17)8-11/h1-8,14H. The minimum Gasteiger partial charge on any atom is -0.292 e. The van der Waals surface area contributed by atoms with Crippen molar-refractivity contribution in [3.63, 3.8) is 0 Å². The van der Waals surface area contributed by atoms with Gasteiger partial charge in [-0.3, -0.25) is 4.79 Å². The fourth-order valence-corrected chi connectivity index (χ4v) is 2.56. The molecule has 0 bridgehead atoms. The highest BCUT2D eigenvalue weighted by Crippen LogP contribution is 2.23. The Morgan fingerprint density at radius 1 is 1.21 bits per heavy atom. The molecule has 0 aliphatic heterocycles. The second-order valence-corrected chi connectivity index (χ2v) is 6.15. The van der Waals surface area contributed by atoms with Gasteiger partial charge in [0, 0.05) is 13.6 Å². The number of benzene rings is 2. The van der Waals surface area contributed by atoms with Crippen LogP contribution in [-0.2, 0) is 0 Å². The molecule has 0 saturated heterocycles. The molecule has 0 amide bonds. The summed E-state index contributed by atoms with van der Waals surface area (Å²) in [6, 6.07) is 16.6. The quantitative estimate of drug-likeness (QED) is 0.534. The Morgan fingerprint density at radius 2 is 1.89 bits per heavy atom. The normalized spacial score (nSPS) is 11.6. The molecule has 0 aliphatic rings. The van der Waals surface area contributed by atoms with Gasteiger partial charge in [-0.2, -0.15) is 5.26 Å². The number of nitrogens with zero attached hydrogens (tertiary/aromatic N) is 1. The number of hydrogen-bond acceptors (Lipinski definition) is 2. The summed E-state index contributed by atoms with van der Waals surface area (Å²) in [4.78, 5) is 12.4. The van der Waals surface area contributed by atoms with Gasteiger partial charge in [0.05, 0.1) is 6.07 Å². The minimum atomic E-state index is -0.758. The van der Waals surface area contributed by atoms with Crippen LogP contribution < -0.4 is 0 Å². The van der Waals surface area contributed by atoms with Gasteiger partial charge in [-0.1, -0.05) is 40.2 Å². The van der Waals surface area contributed by atoms with Crippen molar-refractivity contribution in [2.75, 3.05) is 0 Å². The van der Waals surface area contributed by atoms with E-state index in [1.807, 2.05) is 24.3 Å². The van der Waals surface area contributed by atoms with Gasteiger partial charge in [-0.25, -0.2) is 0 Å². The number of hydrogen-bond donors (Lipinski definition) is 0. The molecule has 0 fully saturated rings. The van der Waals surface area contributed by atoms with E-state index in [9.17, 15) is 10.1 Å². The molecule has 19 heavy (non-hydrogen) atoms. The highest BCUT2D eigenvalue weighted by Gasteiger charge is 2.21. The van der Waals surface area contributed by atoms with Crippen LogP contribution in [0.3, 0.4) is 0 Å². The molecule has 0 heterocycles. The van der Waals surface area contributed by atoms with Crippen molar-refractivity contribution >= 4 is 44.3 Å². The van der Waals surface area contributed by atoms with Crippen LogP contribution in [0.15, 0.2) is 53.0 Å². The summed E-state index contributed by atoms with van der Waals surface area (Å²) in [7, 11) is 0. The van der Waals surface area contributed by atoms with Gasteiger partial charge in [-0.05, 0) is 52.4 Å². The van der Waals surface area contributed by atoms with Gasteiger partial charge < -0.3 is 0 Å². The summed E-state index contributed by atoms with van der Waals surface area (Å²) >= 11 is 5.49. The third-order valence-electron chi connectivity index (χ3n) is 2.70. The molecule has 94 valence electrons. The maximum Gasteiger partial charge on any atom is 0.184 e. The van der Waals surface area contributed by atoms with Crippen molar-refractivity contribution in [3.8, 4) is 6.07 Å². The van der Waals surface area contributed by atoms with Gasteiger partial charge in [0.1, 0.15) is 5.92 Å². The van der Waals surface area contributed by atoms with E-state index in [0.717, 1.165) is 13.6 Å². The second-order valence-electron chi connectivity index (χ2n) is 3.99. The lowest BCUT2D eigenvalue weighted by Crippen LogP contribution is -2.11. The van der Waals surface area contributed by atoms with Crippen LogP contribution in [0.4, 0.5) is 0 Å². The Hall–Kier alpha value is -1.19. The lowest BCUT2D eigenvalue weighted by molar-refractivity contribution is 0.0979. The third-order valence-corrected chi connectivity index (χ3v) is 3.90. The zero-order valence-electron chi connectivity index (χ0n) is 9.81. The van der Waals surface area contributed by atoms with Crippen LogP contribution in [0, 0.1) is 14.9 Å². The number of ketones is 1. The summed E-state index contributed by atoms with van der Waals surface area (Å²) in [5.41, 5.74) is 1.29. The molecule has 2 nitrogen and oxygen atoms in total. The van der Waals surface area contributed by atoms with Gasteiger partial charge in [0.2, 0.25) is 0 Å². The largest absolute Gasteiger partial charge is 0.292 e. The lowest BCUT2D eigenvalue weighted by Gasteiger charge is -2.09. The molecule has 2 aromatic rings. The van der Waals surface area contributed by atoms with E-state index >= 15 is 0 Å². The summed E-state index contributed by atoms with van der Waals surface area (Å²) in [6.45, 7) is 0. The molecule has 0 radical (unpaired) electrons. The lowest BCUT2D eigenvalue weighted by atomic mass is 9.92. The van der Waals surface area contributed by atoms with Crippen molar-refractivity contribution in [3.05, 3.63) is 67.7 Å². The molecular weight excluding hydrogens is 417 g/mol. The number of Topliss-reactive ketones (excluding diaryl/α,β-unsaturated/α-hetero) is 1. The average Bonchev–Trinajstić information content (AvgIpc) is 2.41. The van der Waals surface area contributed by atoms with Crippen LogP contribution in [0.25, 0.3) is 0 Å². The number of rotatable bonds is 3. The van der Waals surface area contributed by atoms with E-state index in [1.54, 1.807) is 24.3 Å². The zero-order valence-corrected chi connectivity index (χ0v) is 13.6. The number of nitriles is 1. The SMILES string of the molecule is N#CC(C(=O)c1cccc(I)c1)c1ccc(Br)cc1. The molecule has 1 atom stereocenters. The smallest absolute Gasteiger partial charge is 0.184 e. The Labute approximate surface area is 133 Å². The summed E-state index contributed by atoms with van der Waals surface area (Å²) in [5.74, 6) is -0.922. The first kappa shape index (κ1) is 14.2. The molecule has 0 aromatic heterocycles. The molecule has 0 aliphatic carbocycles. The van der Waals surface area contributed by atoms with Crippen LogP contribution in [0.1, 0.15) is 21.8 Å². The van der Waals surface area contributed by atoms with Crippen molar-refractivity contribution in [1.82, 2.24) is 0 Å². The maximum atomic E-state index is 12.4. The molecule has 0 spiro atoms. The Morgan fingerprint density at radius 3 is 2.47 bits per heavy atom. The Balaban J connectivity index is 2.35. The van der Waals surface area contributed by atoms with E-state index in [0.29, 0.717) is 5.56 Å². The topological polar surface area (TPSA) is 40.9 Å². The first-order chi connectivity index (χ1) is 9.11. The predicted molar refractivity (Wildman–Crippen MR) is 86.0 cm³/mol. The van der Waals surface area contributed by atoms with Crippen molar-refractivity contribution in [1.29, 1.82) is 5.26 Å². The summed E-state index contributed by atoms with van der Waals surface area (Å²) in [6.07, 6.45) is 0. The number of halogens is 2. The zero-order chi connectivity index (χ0) is 13.8. The summed E-state index contributed by atoms with van der Waals surface area (Å²) in [5, 5.41) is 9.27. The van der Waals surface area contributed by atoms with Gasteiger partial charge in [0.25, 0.3) is 0 Å². The van der Waals surface area contributed by atoms with Crippen molar-refractivity contribution < 1.29 is 4.79 Å². The van der Waals surface area contributed by atoms with Crippen molar-refractivity contribution in [2.45, 2.75) is 5.92 Å². The molecule has 0 saturated carbocycles. The first-order valence-electron chi connectivity index (χ1n) is 5.56. The van der Waals surface area contributed by atoms with Crippen LogP contribution in [-0.4, -0.2) is 5.78 Å². The van der Waals surface area contributed by atoms with E-state index in [4.69, 9.17) is 0 Å². The van der Waals surface area contributed by atoms with Gasteiger partial charge >= 0.3 is 0 Å². The molecule has 2 rings (SSSR count). The number of carbonyl (C=O) groups is 1. The molecule has 2 aromatic carbocycles. The fraction of sp³-hybridized carbons (Fsp3) is 0.0667. The Kier molecular flexibility index (Phi) is 4.72. The highest BCUT2D eigenvalue weighted by molar-refractivity contribution is 14.1. The molecule has 1 unspecified atom stereocenters. The fourth-order valence-electron chi connectivity index (χ4n) is 1.75. The maximum absolute atomic E-state index is 12.4. The van der Waals surface area contributed by atoms with Gasteiger partial charge in [-0.15, -0.1) is 0 Å². The van der Waals surface area contributed by atoms with Crippen molar-refractivity contribution in [2.24, 2.45) is 0 Å². The number of carbonyl (C=O) groups excluding carboxylic acids is 1. The van der Waals surface area contributed by atoms with E-state index in [1.165, 1.54) is 0 Å². The van der Waals surface area contributed by atoms with Crippen LogP contribution in [0.2, 0.25) is 0 Å². The first-order valence-corrected chi connectivity index (χ1v) is 7.44. The third kappa shape index (κ3) is 3.43. The molecule has 0 N–H and O–H groups in total. The summed E-state index contributed by atoms with van der Waals surface area (Å²) < 4.78 is 1.91. The molecular formula is C15H9BrINO. The van der Waals surface area contributed by atoms with Gasteiger partial charge in [0.15, 0.2) is 5.78 Å².